The lowest BCUT2D eigenvalue weighted by Crippen LogP contribution is -2.36. The zero-order chi connectivity index (χ0) is 19.9. The molecule has 1 N–H and O–H groups in total. The molecular weight excluding hydrogens is 346 g/mol. The predicted octanol–water partition coefficient (Wildman–Crippen LogP) is 5.31. The third-order valence-corrected chi connectivity index (χ3v) is 4.74. The first kappa shape index (κ1) is 19.6. The van der Waals surface area contributed by atoms with Crippen molar-refractivity contribution in [3.8, 4) is 0 Å². The van der Waals surface area contributed by atoms with Crippen molar-refractivity contribution in [3.05, 3.63) is 95.8 Å². The van der Waals surface area contributed by atoms with Crippen molar-refractivity contribution in [2.45, 2.75) is 39.4 Å². The summed E-state index contributed by atoms with van der Waals surface area (Å²) in [6.45, 7) is 6.73. The third-order valence-electron chi connectivity index (χ3n) is 4.74. The SMILES string of the molecule is CC(Nc1ccnc(C(=O)N(Cc2ccccc2)C(C)C)c1)c1ccccc1. The lowest BCUT2D eigenvalue weighted by Gasteiger charge is -2.27. The van der Waals surface area contributed by atoms with E-state index < -0.39 is 0 Å². The van der Waals surface area contributed by atoms with Crippen LogP contribution in [0.2, 0.25) is 0 Å². The van der Waals surface area contributed by atoms with Gasteiger partial charge in [0.25, 0.3) is 5.91 Å². The minimum absolute atomic E-state index is 0.0603. The molecule has 1 atom stereocenters. The van der Waals surface area contributed by atoms with Gasteiger partial charge in [-0.3, -0.25) is 9.78 Å². The predicted molar refractivity (Wildman–Crippen MR) is 114 cm³/mol. The number of pyridine rings is 1. The van der Waals surface area contributed by atoms with Crippen LogP contribution in [0, 0.1) is 0 Å². The van der Waals surface area contributed by atoms with Crippen molar-refractivity contribution in [1.82, 2.24) is 9.88 Å². The number of carbonyl (C=O) groups is 1. The van der Waals surface area contributed by atoms with Gasteiger partial charge in [0.1, 0.15) is 5.69 Å². The number of nitrogens with one attached hydrogen (secondary N) is 1. The maximum Gasteiger partial charge on any atom is 0.273 e. The number of hydrogen-bond donors (Lipinski definition) is 1. The summed E-state index contributed by atoms with van der Waals surface area (Å²) in [6, 6.07) is 24.2. The van der Waals surface area contributed by atoms with E-state index in [0.29, 0.717) is 12.2 Å². The number of aromatic nitrogens is 1. The third kappa shape index (κ3) is 4.97. The first-order chi connectivity index (χ1) is 13.5. The summed E-state index contributed by atoms with van der Waals surface area (Å²) in [7, 11) is 0. The molecule has 1 amide bonds. The molecule has 28 heavy (non-hydrogen) atoms. The summed E-state index contributed by atoms with van der Waals surface area (Å²) >= 11 is 0. The lowest BCUT2D eigenvalue weighted by atomic mass is 10.1. The molecule has 0 aliphatic heterocycles. The highest BCUT2D eigenvalue weighted by Crippen LogP contribution is 2.20. The minimum Gasteiger partial charge on any atom is -0.378 e. The monoisotopic (exact) mass is 373 g/mol. The van der Waals surface area contributed by atoms with Crippen molar-refractivity contribution < 1.29 is 4.79 Å². The molecular formula is C24H27N3O. The van der Waals surface area contributed by atoms with Crippen LogP contribution < -0.4 is 5.32 Å². The van der Waals surface area contributed by atoms with Gasteiger partial charge in [-0.2, -0.15) is 0 Å². The van der Waals surface area contributed by atoms with Gasteiger partial charge >= 0.3 is 0 Å². The van der Waals surface area contributed by atoms with E-state index in [2.05, 4.69) is 29.4 Å². The fourth-order valence-electron chi connectivity index (χ4n) is 3.13. The number of nitrogens with zero attached hydrogens (tertiary/aromatic N) is 2. The van der Waals surface area contributed by atoms with E-state index in [1.165, 1.54) is 5.56 Å². The quantitative estimate of drug-likeness (QED) is 0.611. The van der Waals surface area contributed by atoms with Gasteiger partial charge in [-0.05, 0) is 44.0 Å². The molecule has 1 unspecified atom stereocenters. The summed E-state index contributed by atoms with van der Waals surface area (Å²) in [4.78, 5) is 19.3. The lowest BCUT2D eigenvalue weighted by molar-refractivity contribution is 0.0684. The fraction of sp³-hybridized carbons (Fsp3) is 0.250. The molecule has 0 spiro atoms. The van der Waals surface area contributed by atoms with Crippen LogP contribution in [-0.4, -0.2) is 21.8 Å². The van der Waals surface area contributed by atoms with Gasteiger partial charge in [-0.1, -0.05) is 60.7 Å². The molecule has 0 saturated carbocycles. The van der Waals surface area contributed by atoms with Crippen LogP contribution in [0.25, 0.3) is 0 Å². The van der Waals surface area contributed by atoms with Gasteiger partial charge in [0.2, 0.25) is 0 Å². The number of amides is 1. The molecule has 0 fully saturated rings. The molecule has 144 valence electrons. The Hall–Kier alpha value is -3.14. The van der Waals surface area contributed by atoms with Gasteiger partial charge in [0.15, 0.2) is 0 Å². The average molecular weight is 374 g/mol. The summed E-state index contributed by atoms with van der Waals surface area (Å²) in [5.74, 6) is -0.0603. The molecule has 4 nitrogen and oxygen atoms in total. The van der Waals surface area contributed by atoms with Crippen LogP contribution in [0.3, 0.4) is 0 Å². The number of carbonyl (C=O) groups excluding carboxylic acids is 1. The van der Waals surface area contributed by atoms with Gasteiger partial charge in [0.05, 0.1) is 0 Å². The second-order valence-electron chi connectivity index (χ2n) is 7.22. The van der Waals surface area contributed by atoms with Gasteiger partial charge in [-0.15, -0.1) is 0 Å². The molecule has 0 bridgehead atoms. The minimum atomic E-state index is -0.0603. The van der Waals surface area contributed by atoms with Gasteiger partial charge in [0, 0.05) is 30.5 Å². The van der Waals surface area contributed by atoms with E-state index in [1.54, 1.807) is 6.20 Å². The molecule has 1 aromatic heterocycles. The van der Waals surface area contributed by atoms with E-state index in [0.717, 1.165) is 11.3 Å². The van der Waals surface area contributed by atoms with Crippen LogP contribution in [-0.2, 0) is 6.54 Å². The van der Waals surface area contributed by atoms with E-state index in [9.17, 15) is 4.79 Å². The average Bonchev–Trinajstić information content (AvgIpc) is 2.73. The number of benzene rings is 2. The van der Waals surface area contributed by atoms with Crippen molar-refractivity contribution >= 4 is 11.6 Å². The first-order valence-electron chi connectivity index (χ1n) is 9.67. The largest absolute Gasteiger partial charge is 0.378 e. The van der Waals surface area contributed by atoms with Crippen molar-refractivity contribution in [2.24, 2.45) is 0 Å². The normalized spacial score (nSPS) is 11.9. The van der Waals surface area contributed by atoms with Crippen LogP contribution in [0.5, 0.6) is 0 Å². The Kier molecular flexibility index (Phi) is 6.43. The number of rotatable bonds is 7. The molecule has 1 heterocycles. The highest BCUT2D eigenvalue weighted by molar-refractivity contribution is 5.93. The smallest absolute Gasteiger partial charge is 0.273 e. The van der Waals surface area contributed by atoms with Crippen LogP contribution >= 0.6 is 0 Å². The molecule has 0 aliphatic carbocycles. The summed E-state index contributed by atoms with van der Waals surface area (Å²) in [5.41, 5.74) is 3.64. The van der Waals surface area contributed by atoms with Crippen LogP contribution in [0.4, 0.5) is 5.69 Å². The Morgan fingerprint density at radius 2 is 1.61 bits per heavy atom. The zero-order valence-corrected chi connectivity index (χ0v) is 16.7. The first-order valence-corrected chi connectivity index (χ1v) is 9.67. The fourth-order valence-corrected chi connectivity index (χ4v) is 3.13. The van der Waals surface area contributed by atoms with E-state index in [1.807, 2.05) is 79.4 Å². The Labute approximate surface area is 167 Å². The highest BCUT2D eigenvalue weighted by atomic mass is 16.2. The second-order valence-corrected chi connectivity index (χ2v) is 7.22. The van der Waals surface area contributed by atoms with Crippen molar-refractivity contribution in [1.29, 1.82) is 0 Å². The summed E-state index contributed by atoms with van der Waals surface area (Å²) < 4.78 is 0. The zero-order valence-electron chi connectivity index (χ0n) is 16.7. The Bertz CT molecular complexity index is 894. The van der Waals surface area contributed by atoms with Crippen molar-refractivity contribution in [2.75, 3.05) is 5.32 Å². The second kappa shape index (κ2) is 9.18. The molecule has 0 radical (unpaired) electrons. The topological polar surface area (TPSA) is 45.2 Å². The summed E-state index contributed by atoms with van der Waals surface area (Å²) in [6.07, 6.45) is 1.69. The Balaban J connectivity index is 1.76. The molecule has 4 heteroatoms. The van der Waals surface area contributed by atoms with Gasteiger partial charge in [-0.25, -0.2) is 0 Å². The Morgan fingerprint density at radius 3 is 2.25 bits per heavy atom. The summed E-state index contributed by atoms with van der Waals surface area (Å²) in [5, 5.41) is 3.46. The standard InChI is InChI=1S/C24H27N3O/c1-18(2)27(17-20-10-6-4-7-11-20)24(28)23-16-22(14-15-25-23)26-19(3)21-12-8-5-9-13-21/h4-16,18-19H,17H2,1-3H3,(H,25,26). The number of hydrogen-bond acceptors (Lipinski definition) is 3. The number of anilines is 1. The molecule has 0 aliphatic rings. The van der Waals surface area contributed by atoms with Crippen LogP contribution in [0.1, 0.15) is 48.4 Å². The van der Waals surface area contributed by atoms with E-state index >= 15 is 0 Å². The Morgan fingerprint density at radius 1 is 0.964 bits per heavy atom. The van der Waals surface area contributed by atoms with E-state index in [-0.39, 0.29) is 18.0 Å². The van der Waals surface area contributed by atoms with Crippen LogP contribution in [0.15, 0.2) is 79.0 Å². The molecule has 2 aromatic carbocycles. The van der Waals surface area contributed by atoms with Crippen molar-refractivity contribution in [3.63, 3.8) is 0 Å². The molecule has 3 rings (SSSR count). The maximum atomic E-state index is 13.1. The molecule has 0 saturated heterocycles. The van der Waals surface area contributed by atoms with E-state index in [4.69, 9.17) is 0 Å². The van der Waals surface area contributed by atoms with Gasteiger partial charge < -0.3 is 10.2 Å². The highest BCUT2D eigenvalue weighted by Gasteiger charge is 2.20. The molecule has 3 aromatic rings. The maximum absolute atomic E-state index is 13.1.